The molecule has 122 valence electrons. The van der Waals surface area contributed by atoms with Gasteiger partial charge in [0.05, 0.1) is 13.7 Å². The molecule has 23 heavy (non-hydrogen) atoms. The van der Waals surface area contributed by atoms with Gasteiger partial charge in [-0.1, -0.05) is 29.8 Å². The predicted molar refractivity (Wildman–Crippen MR) is 94.1 cm³/mol. The summed E-state index contributed by atoms with van der Waals surface area (Å²) in [6.45, 7) is 2.93. The standard InChI is InChI=1S/C18H21ClN2O2/c1-13-4-7-15(19)10-17(13)20-18(22)12-21(2)11-14-5-8-16(23-3)9-6-14/h4-10H,11-12H2,1-3H3,(H,20,22). The van der Waals surface area contributed by atoms with Crippen LogP contribution < -0.4 is 10.1 Å². The third kappa shape index (κ3) is 5.27. The third-order valence-corrected chi connectivity index (χ3v) is 3.73. The molecule has 1 amide bonds. The fourth-order valence-corrected chi connectivity index (χ4v) is 2.43. The van der Waals surface area contributed by atoms with Crippen molar-refractivity contribution in [2.75, 3.05) is 26.0 Å². The lowest BCUT2D eigenvalue weighted by molar-refractivity contribution is -0.117. The lowest BCUT2D eigenvalue weighted by Gasteiger charge is -2.17. The van der Waals surface area contributed by atoms with Gasteiger partial charge >= 0.3 is 0 Å². The van der Waals surface area contributed by atoms with Gasteiger partial charge in [-0.3, -0.25) is 9.69 Å². The van der Waals surface area contributed by atoms with E-state index >= 15 is 0 Å². The number of methoxy groups -OCH3 is 1. The average Bonchev–Trinajstić information content (AvgIpc) is 2.51. The van der Waals surface area contributed by atoms with Gasteiger partial charge in [-0.2, -0.15) is 0 Å². The minimum Gasteiger partial charge on any atom is -0.497 e. The van der Waals surface area contributed by atoms with Crippen molar-refractivity contribution in [1.82, 2.24) is 4.90 Å². The zero-order chi connectivity index (χ0) is 16.8. The fourth-order valence-electron chi connectivity index (χ4n) is 2.26. The topological polar surface area (TPSA) is 41.6 Å². The molecule has 0 bridgehead atoms. The predicted octanol–water partition coefficient (Wildman–Crippen LogP) is 3.73. The average molecular weight is 333 g/mol. The molecule has 0 unspecified atom stereocenters. The number of rotatable bonds is 6. The second-order valence-corrected chi connectivity index (χ2v) is 5.96. The minimum absolute atomic E-state index is 0.0635. The number of ether oxygens (including phenoxy) is 1. The zero-order valence-corrected chi connectivity index (χ0v) is 14.4. The molecule has 0 fully saturated rings. The van der Waals surface area contributed by atoms with Crippen LogP contribution >= 0.6 is 11.6 Å². The van der Waals surface area contributed by atoms with Crippen molar-refractivity contribution < 1.29 is 9.53 Å². The summed E-state index contributed by atoms with van der Waals surface area (Å²) in [6.07, 6.45) is 0. The number of halogens is 1. The van der Waals surface area contributed by atoms with Crippen LogP contribution in [0.4, 0.5) is 5.69 Å². The molecule has 0 saturated heterocycles. The van der Waals surface area contributed by atoms with E-state index in [0.717, 1.165) is 22.6 Å². The Morgan fingerprint density at radius 3 is 2.57 bits per heavy atom. The number of hydrogen-bond acceptors (Lipinski definition) is 3. The summed E-state index contributed by atoms with van der Waals surface area (Å²) in [6, 6.07) is 13.3. The molecule has 0 heterocycles. The number of benzene rings is 2. The molecule has 0 spiro atoms. The summed E-state index contributed by atoms with van der Waals surface area (Å²) < 4.78 is 5.14. The molecule has 5 heteroatoms. The maximum Gasteiger partial charge on any atom is 0.238 e. The Bertz CT molecular complexity index is 671. The van der Waals surface area contributed by atoms with Crippen molar-refractivity contribution in [3.8, 4) is 5.75 Å². The number of nitrogens with one attached hydrogen (secondary N) is 1. The number of amides is 1. The van der Waals surface area contributed by atoms with Crippen molar-refractivity contribution in [3.05, 3.63) is 58.6 Å². The Morgan fingerprint density at radius 1 is 1.22 bits per heavy atom. The van der Waals surface area contributed by atoms with Crippen molar-refractivity contribution in [3.63, 3.8) is 0 Å². The number of carbonyl (C=O) groups is 1. The van der Waals surface area contributed by atoms with Crippen LogP contribution in [0.3, 0.4) is 0 Å². The maximum atomic E-state index is 12.2. The van der Waals surface area contributed by atoms with Crippen LogP contribution in [0.2, 0.25) is 5.02 Å². The van der Waals surface area contributed by atoms with Crippen molar-refractivity contribution >= 4 is 23.2 Å². The molecule has 2 aromatic carbocycles. The molecule has 4 nitrogen and oxygen atoms in total. The number of likely N-dealkylation sites (N-methyl/N-ethyl adjacent to an activating group) is 1. The first-order chi connectivity index (χ1) is 11.0. The summed E-state index contributed by atoms with van der Waals surface area (Å²) in [7, 11) is 3.55. The summed E-state index contributed by atoms with van der Waals surface area (Å²) in [4.78, 5) is 14.1. The van der Waals surface area contributed by atoms with E-state index in [2.05, 4.69) is 5.32 Å². The highest BCUT2D eigenvalue weighted by Crippen LogP contribution is 2.20. The molecule has 2 rings (SSSR count). The Balaban J connectivity index is 1.90. The molecule has 2 aromatic rings. The molecule has 0 aromatic heterocycles. The molecule has 0 aliphatic heterocycles. The number of anilines is 1. The number of hydrogen-bond donors (Lipinski definition) is 1. The normalized spacial score (nSPS) is 10.7. The highest BCUT2D eigenvalue weighted by atomic mass is 35.5. The van der Waals surface area contributed by atoms with Crippen LogP contribution in [0.15, 0.2) is 42.5 Å². The number of nitrogens with zero attached hydrogens (tertiary/aromatic N) is 1. The van der Waals surface area contributed by atoms with Gasteiger partial charge in [0.25, 0.3) is 0 Å². The molecule has 1 N–H and O–H groups in total. The Hall–Kier alpha value is -2.04. The largest absolute Gasteiger partial charge is 0.497 e. The van der Waals surface area contributed by atoms with Crippen molar-refractivity contribution in [2.24, 2.45) is 0 Å². The maximum absolute atomic E-state index is 12.2. The first-order valence-electron chi connectivity index (χ1n) is 7.35. The highest BCUT2D eigenvalue weighted by Gasteiger charge is 2.09. The van der Waals surface area contributed by atoms with Gasteiger partial charge in [0.1, 0.15) is 5.75 Å². The fraction of sp³-hybridized carbons (Fsp3) is 0.278. The lowest BCUT2D eigenvalue weighted by Crippen LogP contribution is -2.30. The molecule has 0 radical (unpaired) electrons. The van der Waals surface area contributed by atoms with E-state index < -0.39 is 0 Å². The quantitative estimate of drug-likeness (QED) is 0.876. The first kappa shape index (κ1) is 17.3. The summed E-state index contributed by atoms with van der Waals surface area (Å²) in [5.41, 5.74) is 2.86. The second kappa shape index (κ2) is 7.99. The van der Waals surface area contributed by atoms with E-state index in [1.165, 1.54) is 0 Å². The van der Waals surface area contributed by atoms with Crippen LogP contribution in [-0.2, 0) is 11.3 Å². The van der Waals surface area contributed by atoms with E-state index in [4.69, 9.17) is 16.3 Å². The molecular weight excluding hydrogens is 312 g/mol. The van der Waals surface area contributed by atoms with E-state index in [9.17, 15) is 4.79 Å². The molecule has 0 saturated carbocycles. The Morgan fingerprint density at radius 2 is 1.91 bits per heavy atom. The van der Waals surface area contributed by atoms with Gasteiger partial charge < -0.3 is 10.1 Å². The number of carbonyl (C=O) groups excluding carboxylic acids is 1. The van der Waals surface area contributed by atoms with Gasteiger partial charge in [0.2, 0.25) is 5.91 Å². The van der Waals surface area contributed by atoms with Gasteiger partial charge in [-0.25, -0.2) is 0 Å². The first-order valence-corrected chi connectivity index (χ1v) is 7.73. The Labute approximate surface area is 142 Å². The van der Waals surface area contributed by atoms with E-state index in [-0.39, 0.29) is 5.91 Å². The summed E-state index contributed by atoms with van der Waals surface area (Å²) >= 11 is 5.97. The van der Waals surface area contributed by atoms with Crippen LogP contribution in [0.1, 0.15) is 11.1 Å². The van der Waals surface area contributed by atoms with Gasteiger partial charge in [-0.15, -0.1) is 0 Å². The van der Waals surface area contributed by atoms with Crippen LogP contribution in [0.25, 0.3) is 0 Å². The monoisotopic (exact) mass is 332 g/mol. The minimum atomic E-state index is -0.0635. The van der Waals surface area contributed by atoms with Gasteiger partial charge in [0.15, 0.2) is 0 Å². The Kier molecular flexibility index (Phi) is 6.02. The van der Waals surface area contributed by atoms with Crippen LogP contribution in [-0.4, -0.2) is 31.5 Å². The zero-order valence-electron chi connectivity index (χ0n) is 13.6. The molecular formula is C18H21ClN2O2. The smallest absolute Gasteiger partial charge is 0.238 e. The highest BCUT2D eigenvalue weighted by molar-refractivity contribution is 6.31. The van der Waals surface area contributed by atoms with Crippen molar-refractivity contribution in [2.45, 2.75) is 13.5 Å². The number of aryl methyl sites for hydroxylation is 1. The van der Waals surface area contributed by atoms with E-state index in [1.807, 2.05) is 55.3 Å². The lowest BCUT2D eigenvalue weighted by atomic mass is 10.2. The van der Waals surface area contributed by atoms with Gasteiger partial charge in [0, 0.05) is 17.3 Å². The second-order valence-electron chi connectivity index (χ2n) is 5.53. The molecule has 0 aliphatic rings. The molecule has 0 aliphatic carbocycles. The summed E-state index contributed by atoms with van der Waals surface area (Å²) in [5, 5.41) is 3.51. The third-order valence-electron chi connectivity index (χ3n) is 3.50. The van der Waals surface area contributed by atoms with Crippen LogP contribution in [0, 0.1) is 6.92 Å². The summed E-state index contributed by atoms with van der Waals surface area (Å²) in [5.74, 6) is 0.761. The molecule has 0 atom stereocenters. The van der Waals surface area contributed by atoms with Crippen molar-refractivity contribution in [1.29, 1.82) is 0 Å². The van der Waals surface area contributed by atoms with Crippen LogP contribution in [0.5, 0.6) is 5.75 Å². The van der Waals surface area contributed by atoms with E-state index in [0.29, 0.717) is 18.1 Å². The SMILES string of the molecule is COc1ccc(CN(C)CC(=O)Nc2cc(Cl)ccc2C)cc1. The van der Waals surface area contributed by atoms with E-state index in [1.54, 1.807) is 13.2 Å². The van der Waals surface area contributed by atoms with Gasteiger partial charge in [-0.05, 0) is 49.4 Å².